The van der Waals surface area contributed by atoms with Crippen LogP contribution in [0.1, 0.15) is 39.6 Å². The molecule has 2 aromatic rings. The zero-order chi connectivity index (χ0) is 15.1. The molecule has 2 aromatic heterocycles. The fourth-order valence-corrected chi connectivity index (χ4v) is 2.90. The van der Waals surface area contributed by atoms with Crippen molar-refractivity contribution in [3.8, 4) is 0 Å². The van der Waals surface area contributed by atoms with Crippen molar-refractivity contribution in [1.82, 2.24) is 29.5 Å². The van der Waals surface area contributed by atoms with E-state index in [4.69, 9.17) is 10.7 Å². The molecule has 20 heavy (non-hydrogen) atoms. The molecule has 0 N–H and O–H groups in total. The summed E-state index contributed by atoms with van der Waals surface area (Å²) >= 11 is 0. The first kappa shape index (κ1) is 14.9. The average molecular weight is 319 g/mol. The third-order valence-corrected chi connectivity index (χ3v) is 3.87. The molecule has 0 fully saturated rings. The molecule has 0 saturated carbocycles. The van der Waals surface area contributed by atoms with Gasteiger partial charge >= 0.3 is 0 Å². The zero-order valence-corrected chi connectivity index (χ0v) is 13.1. The Hall–Kier alpha value is -1.48. The molecule has 0 saturated heterocycles. The van der Waals surface area contributed by atoms with Gasteiger partial charge in [0.15, 0.2) is 5.82 Å². The van der Waals surface area contributed by atoms with Crippen LogP contribution in [-0.4, -0.2) is 37.9 Å². The summed E-state index contributed by atoms with van der Waals surface area (Å²) in [4.78, 5) is 3.87. The van der Waals surface area contributed by atoms with Crippen LogP contribution in [0.2, 0.25) is 0 Å². The minimum Gasteiger partial charge on any atom is -0.294 e. The summed E-state index contributed by atoms with van der Waals surface area (Å²) < 4.78 is 26.3. The van der Waals surface area contributed by atoms with Gasteiger partial charge in [-0.3, -0.25) is 4.57 Å². The van der Waals surface area contributed by atoms with E-state index in [1.165, 1.54) is 17.2 Å². The van der Waals surface area contributed by atoms with E-state index in [9.17, 15) is 8.42 Å². The molecule has 0 aromatic carbocycles. The summed E-state index contributed by atoms with van der Waals surface area (Å²) in [7, 11) is 1.44. The smallest absolute Gasteiger partial charge is 0.294 e. The lowest BCUT2D eigenvalue weighted by molar-refractivity contribution is 0.335. The van der Waals surface area contributed by atoms with Crippen LogP contribution < -0.4 is 0 Å². The number of hydrogen-bond donors (Lipinski definition) is 0. The summed E-state index contributed by atoms with van der Waals surface area (Å²) in [5.41, 5.74) is -0.551. The van der Waals surface area contributed by atoms with Crippen molar-refractivity contribution in [1.29, 1.82) is 0 Å². The predicted molar refractivity (Wildman–Crippen MR) is 71.9 cm³/mol. The highest BCUT2D eigenvalue weighted by molar-refractivity contribution is 8.13. The van der Waals surface area contributed by atoms with Gasteiger partial charge in [0, 0.05) is 16.2 Å². The summed E-state index contributed by atoms with van der Waals surface area (Å²) in [6, 6.07) is -0.323. The van der Waals surface area contributed by atoms with Gasteiger partial charge < -0.3 is 0 Å². The average Bonchev–Trinajstić information content (AvgIpc) is 2.95. The Labute approximate surface area is 121 Å². The Bertz CT molecular complexity index is 701. The highest BCUT2D eigenvalue weighted by Crippen LogP contribution is 2.27. The third-order valence-electron chi connectivity index (χ3n) is 2.75. The monoisotopic (exact) mass is 318 g/mol. The number of aromatic nitrogens is 6. The van der Waals surface area contributed by atoms with Gasteiger partial charge in [-0.2, -0.15) is 5.10 Å². The molecule has 0 aliphatic carbocycles. The molecule has 110 valence electrons. The maximum Gasteiger partial charge on any atom is 0.296 e. The Morgan fingerprint density at radius 3 is 2.40 bits per heavy atom. The molecule has 1 atom stereocenters. The fourth-order valence-electron chi connectivity index (χ4n) is 1.88. The standard InChI is InChI=1S/C10H15ClN6O2S/c1-7(16-6-12-5-13-16)8-14-15-9(20(11,18)19)17(8)10(2,3)4/h5-7H,1-4H3. The van der Waals surface area contributed by atoms with E-state index < -0.39 is 14.6 Å². The quantitative estimate of drug-likeness (QED) is 0.788. The number of nitrogens with zero attached hydrogens (tertiary/aromatic N) is 6. The lowest BCUT2D eigenvalue weighted by Crippen LogP contribution is -2.29. The van der Waals surface area contributed by atoms with Gasteiger partial charge in [-0.15, -0.1) is 10.2 Å². The molecule has 1 unspecified atom stereocenters. The Morgan fingerprint density at radius 2 is 1.95 bits per heavy atom. The van der Waals surface area contributed by atoms with E-state index in [2.05, 4.69) is 20.3 Å². The molecule has 0 bridgehead atoms. The molecule has 0 amide bonds. The van der Waals surface area contributed by atoms with Crippen molar-refractivity contribution >= 4 is 19.7 Å². The first-order valence-corrected chi connectivity index (χ1v) is 8.18. The summed E-state index contributed by atoms with van der Waals surface area (Å²) in [5.74, 6) is 0.447. The van der Waals surface area contributed by atoms with Crippen LogP contribution in [0.5, 0.6) is 0 Å². The van der Waals surface area contributed by atoms with E-state index in [-0.39, 0.29) is 11.2 Å². The van der Waals surface area contributed by atoms with E-state index in [0.29, 0.717) is 5.82 Å². The number of rotatable bonds is 3. The van der Waals surface area contributed by atoms with Crippen molar-refractivity contribution in [3.05, 3.63) is 18.5 Å². The van der Waals surface area contributed by atoms with E-state index >= 15 is 0 Å². The van der Waals surface area contributed by atoms with Gasteiger partial charge in [-0.25, -0.2) is 18.1 Å². The van der Waals surface area contributed by atoms with Gasteiger partial charge in [0.2, 0.25) is 0 Å². The minimum absolute atomic E-state index is 0.270. The molecule has 2 rings (SSSR count). The minimum atomic E-state index is -3.98. The molecule has 0 radical (unpaired) electrons. The molecular formula is C10H15ClN6O2S. The molecule has 2 heterocycles. The van der Waals surface area contributed by atoms with Crippen molar-refractivity contribution in [2.45, 2.75) is 44.4 Å². The molecule has 0 spiro atoms. The van der Waals surface area contributed by atoms with Crippen LogP contribution in [-0.2, 0) is 14.6 Å². The van der Waals surface area contributed by atoms with Crippen LogP contribution >= 0.6 is 10.7 Å². The second-order valence-corrected chi connectivity index (χ2v) is 7.80. The molecule has 0 aliphatic rings. The number of hydrogen-bond acceptors (Lipinski definition) is 6. The Balaban J connectivity index is 2.64. The SMILES string of the molecule is CC(c1nnc(S(=O)(=O)Cl)n1C(C)(C)C)n1cncn1. The Morgan fingerprint density at radius 1 is 1.30 bits per heavy atom. The summed E-state index contributed by atoms with van der Waals surface area (Å²) in [6.07, 6.45) is 2.93. The second-order valence-electron chi connectivity index (χ2n) is 5.34. The van der Waals surface area contributed by atoms with Crippen LogP contribution in [0.25, 0.3) is 0 Å². The van der Waals surface area contributed by atoms with E-state index in [0.717, 1.165) is 0 Å². The second kappa shape index (κ2) is 4.81. The molecule has 8 nitrogen and oxygen atoms in total. The zero-order valence-electron chi connectivity index (χ0n) is 11.5. The van der Waals surface area contributed by atoms with Gasteiger partial charge in [0.25, 0.3) is 14.2 Å². The van der Waals surface area contributed by atoms with Crippen molar-refractivity contribution in [2.24, 2.45) is 0 Å². The van der Waals surface area contributed by atoms with Gasteiger partial charge in [-0.05, 0) is 27.7 Å². The molecule has 10 heteroatoms. The maximum absolute atomic E-state index is 11.6. The van der Waals surface area contributed by atoms with Crippen LogP contribution in [0, 0.1) is 0 Å². The van der Waals surface area contributed by atoms with E-state index in [1.54, 1.807) is 4.68 Å². The highest BCUT2D eigenvalue weighted by Gasteiger charge is 2.32. The normalized spacial score (nSPS) is 14.4. The summed E-state index contributed by atoms with van der Waals surface area (Å²) in [6.45, 7) is 7.37. The van der Waals surface area contributed by atoms with Crippen molar-refractivity contribution in [2.75, 3.05) is 0 Å². The van der Waals surface area contributed by atoms with Crippen molar-refractivity contribution in [3.63, 3.8) is 0 Å². The first-order valence-electron chi connectivity index (χ1n) is 5.87. The third kappa shape index (κ3) is 2.68. The summed E-state index contributed by atoms with van der Waals surface area (Å²) in [5, 5.41) is 11.4. The molecule has 0 aliphatic heterocycles. The first-order chi connectivity index (χ1) is 9.12. The highest BCUT2D eigenvalue weighted by atomic mass is 35.7. The lowest BCUT2D eigenvalue weighted by Gasteiger charge is -2.25. The van der Waals surface area contributed by atoms with Gasteiger partial charge in [0.05, 0.1) is 0 Å². The van der Waals surface area contributed by atoms with Crippen LogP contribution in [0.15, 0.2) is 17.8 Å². The van der Waals surface area contributed by atoms with E-state index in [1.807, 2.05) is 27.7 Å². The Kier molecular flexibility index (Phi) is 3.59. The molecular weight excluding hydrogens is 304 g/mol. The number of halogens is 1. The lowest BCUT2D eigenvalue weighted by atomic mass is 10.1. The van der Waals surface area contributed by atoms with Crippen LogP contribution in [0.3, 0.4) is 0 Å². The van der Waals surface area contributed by atoms with Gasteiger partial charge in [0.1, 0.15) is 18.7 Å². The van der Waals surface area contributed by atoms with Crippen molar-refractivity contribution < 1.29 is 8.42 Å². The maximum atomic E-state index is 11.6. The van der Waals surface area contributed by atoms with Crippen LogP contribution in [0.4, 0.5) is 0 Å². The topological polar surface area (TPSA) is 95.6 Å². The fraction of sp³-hybridized carbons (Fsp3) is 0.600. The van der Waals surface area contributed by atoms with Gasteiger partial charge in [-0.1, -0.05) is 0 Å². The predicted octanol–water partition coefficient (Wildman–Crippen LogP) is 1.16. The largest absolute Gasteiger partial charge is 0.296 e.